The maximum Gasteiger partial charge on any atom is 0.405 e. The Morgan fingerprint density at radius 2 is 2.27 bits per heavy atom. The lowest BCUT2D eigenvalue weighted by molar-refractivity contribution is -0.189. The molecule has 1 aliphatic rings. The normalized spacial score (nSPS) is 23.9. The average Bonchev–Trinajstić information content (AvgIpc) is 2.17. The molecule has 1 saturated heterocycles. The second kappa shape index (κ2) is 4.80. The number of esters is 1. The van der Waals surface area contributed by atoms with Crippen LogP contribution in [0, 0.1) is 0 Å². The third kappa shape index (κ3) is 3.35. The van der Waals surface area contributed by atoms with Gasteiger partial charge < -0.3 is 10.1 Å². The van der Waals surface area contributed by atoms with Crippen LogP contribution in [0.2, 0.25) is 0 Å². The molecule has 1 fully saturated rings. The van der Waals surface area contributed by atoms with Gasteiger partial charge in [-0.05, 0) is 0 Å². The molecule has 1 aliphatic heterocycles. The Morgan fingerprint density at radius 3 is 2.80 bits per heavy atom. The predicted molar refractivity (Wildman–Crippen MR) is 46.3 cm³/mol. The van der Waals surface area contributed by atoms with Gasteiger partial charge in [0.15, 0.2) is 0 Å². The van der Waals surface area contributed by atoms with Gasteiger partial charge >= 0.3 is 12.1 Å². The lowest BCUT2D eigenvalue weighted by Gasteiger charge is -2.36. The average molecular weight is 226 g/mol. The SMILES string of the molecule is COC(=O)CN1CCNCC1C(F)(F)F. The monoisotopic (exact) mass is 226 g/mol. The van der Waals surface area contributed by atoms with Crippen LogP contribution in [0.4, 0.5) is 13.2 Å². The summed E-state index contributed by atoms with van der Waals surface area (Å²) < 4.78 is 41.9. The minimum absolute atomic E-state index is 0.180. The molecule has 0 spiro atoms. The highest BCUT2D eigenvalue weighted by molar-refractivity contribution is 5.71. The third-order valence-corrected chi connectivity index (χ3v) is 2.29. The van der Waals surface area contributed by atoms with E-state index in [0.29, 0.717) is 6.54 Å². The van der Waals surface area contributed by atoms with Crippen LogP contribution in [0.5, 0.6) is 0 Å². The fourth-order valence-electron chi connectivity index (χ4n) is 1.49. The number of ether oxygens (including phenoxy) is 1. The fourth-order valence-corrected chi connectivity index (χ4v) is 1.49. The number of hydrogen-bond donors (Lipinski definition) is 1. The molecule has 1 rings (SSSR count). The van der Waals surface area contributed by atoms with E-state index in [9.17, 15) is 18.0 Å². The number of piperazine rings is 1. The Kier molecular flexibility index (Phi) is 3.92. The molecule has 0 saturated carbocycles. The Hall–Kier alpha value is -0.820. The zero-order valence-electron chi connectivity index (χ0n) is 8.30. The van der Waals surface area contributed by atoms with E-state index in [4.69, 9.17) is 0 Å². The van der Waals surface area contributed by atoms with E-state index in [1.165, 1.54) is 0 Å². The quantitative estimate of drug-likeness (QED) is 0.673. The van der Waals surface area contributed by atoms with Gasteiger partial charge in [-0.3, -0.25) is 9.69 Å². The van der Waals surface area contributed by atoms with Crippen molar-refractivity contribution in [1.29, 1.82) is 0 Å². The second-order valence-corrected chi connectivity index (χ2v) is 3.31. The molecule has 0 aromatic rings. The van der Waals surface area contributed by atoms with Crippen molar-refractivity contribution < 1.29 is 22.7 Å². The number of carbonyl (C=O) groups excluding carboxylic acids is 1. The molecule has 0 aromatic heterocycles. The minimum Gasteiger partial charge on any atom is -0.468 e. The first-order valence-corrected chi connectivity index (χ1v) is 4.53. The smallest absolute Gasteiger partial charge is 0.405 e. The minimum atomic E-state index is -4.32. The summed E-state index contributed by atoms with van der Waals surface area (Å²) in [6.45, 7) is 0.145. The van der Waals surface area contributed by atoms with Gasteiger partial charge in [0.25, 0.3) is 0 Å². The summed E-state index contributed by atoms with van der Waals surface area (Å²) in [5.41, 5.74) is 0. The van der Waals surface area contributed by atoms with Gasteiger partial charge in [-0.15, -0.1) is 0 Å². The van der Waals surface area contributed by atoms with Crippen molar-refractivity contribution in [2.75, 3.05) is 33.3 Å². The number of carbonyl (C=O) groups is 1. The van der Waals surface area contributed by atoms with Gasteiger partial charge in [0.1, 0.15) is 6.04 Å². The Labute approximate surface area is 85.4 Å². The molecule has 88 valence electrons. The zero-order valence-corrected chi connectivity index (χ0v) is 8.30. The van der Waals surface area contributed by atoms with Crippen molar-refractivity contribution in [3.63, 3.8) is 0 Å². The van der Waals surface area contributed by atoms with Crippen molar-refractivity contribution in [3.8, 4) is 0 Å². The number of methoxy groups -OCH3 is 1. The van der Waals surface area contributed by atoms with E-state index in [2.05, 4.69) is 10.1 Å². The molecule has 1 atom stereocenters. The van der Waals surface area contributed by atoms with Crippen molar-refractivity contribution in [2.45, 2.75) is 12.2 Å². The number of hydrogen-bond acceptors (Lipinski definition) is 4. The van der Waals surface area contributed by atoms with Gasteiger partial charge in [0.2, 0.25) is 0 Å². The summed E-state index contributed by atoms with van der Waals surface area (Å²) in [5.74, 6) is -0.647. The molecule has 1 N–H and O–H groups in total. The molecule has 4 nitrogen and oxygen atoms in total. The topological polar surface area (TPSA) is 41.6 Å². The highest BCUT2D eigenvalue weighted by Gasteiger charge is 2.45. The van der Waals surface area contributed by atoms with Crippen LogP contribution in [0.1, 0.15) is 0 Å². The first kappa shape index (κ1) is 12.3. The molecular formula is C8H13F3N2O2. The number of alkyl halides is 3. The fraction of sp³-hybridized carbons (Fsp3) is 0.875. The summed E-state index contributed by atoms with van der Waals surface area (Å²) in [4.78, 5) is 12.0. The Bertz CT molecular complexity index is 232. The van der Waals surface area contributed by atoms with E-state index in [-0.39, 0.29) is 19.6 Å². The van der Waals surface area contributed by atoms with E-state index in [0.717, 1.165) is 12.0 Å². The maximum absolute atomic E-state index is 12.5. The Morgan fingerprint density at radius 1 is 1.60 bits per heavy atom. The van der Waals surface area contributed by atoms with E-state index >= 15 is 0 Å². The largest absolute Gasteiger partial charge is 0.468 e. The molecule has 0 amide bonds. The molecule has 15 heavy (non-hydrogen) atoms. The highest BCUT2D eigenvalue weighted by Crippen LogP contribution is 2.25. The van der Waals surface area contributed by atoms with Crippen LogP contribution < -0.4 is 5.32 Å². The molecular weight excluding hydrogens is 213 g/mol. The van der Waals surface area contributed by atoms with E-state index < -0.39 is 18.2 Å². The number of nitrogens with zero attached hydrogens (tertiary/aromatic N) is 1. The van der Waals surface area contributed by atoms with Gasteiger partial charge in [0, 0.05) is 19.6 Å². The summed E-state index contributed by atoms with van der Waals surface area (Å²) in [6.07, 6.45) is -4.32. The van der Waals surface area contributed by atoms with Crippen molar-refractivity contribution in [3.05, 3.63) is 0 Å². The first-order chi connectivity index (χ1) is 6.95. The summed E-state index contributed by atoms with van der Waals surface area (Å²) in [7, 11) is 1.16. The lowest BCUT2D eigenvalue weighted by atomic mass is 10.2. The van der Waals surface area contributed by atoms with Crippen LogP contribution in [0.3, 0.4) is 0 Å². The second-order valence-electron chi connectivity index (χ2n) is 3.31. The van der Waals surface area contributed by atoms with E-state index in [1.807, 2.05) is 0 Å². The highest BCUT2D eigenvalue weighted by atomic mass is 19.4. The summed E-state index contributed by atoms with van der Waals surface area (Å²) in [6, 6.07) is -1.61. The molecule has 1 heterocycles. The number of nitrogens with one attached hydrogen (secondary N) is 1. The third-order valence-electron chi connectivity index (χ3n) is 2.29. The van der Waals surface area contributed by atoms with Crippen molar-refractivity contribution in [2.24, 2.45) is 0 Å². The van der Waals surface area contributed by atoms with Gasteiger partial charge in [-0.25, -0.2) is 0 Å². The molecule has 0 aromatic carbocycles. The first-order valence-electron chi connectivity index (χ1n) is 4.53. The summed E-state index contributed by atoms with van der Waals surface area (Å²) in [5, 5.41) is 2.65. The zero-order chi connectivity index (χ0) is 11.5. The standard InChI is InChI=1S/C8H13F3N2O2/c1-15-7(14)5-13-3-2-12-4-6(13)8(9,10)11/h6,12H,2-5H2,1H3. The van der Waals surface area contributed by atoms with Crippen LogP contribution in [0.15, 0.2) is 0 Å². The van der Waals surface area contributed by atoms with Crippen LogP contribution in [-0.2, 0) is 9.53 Å². The maximum atomic E-state index is 12.5. The molecule has 0 radical (unpaired) electrons. The van der Waals surface area contributed by atoms with Crippen LogP contribution in [-0.4, -0.2) is 56.4 Å². The van der Waals surface area contributed by atoms with E-state index in [1.54, 1.807) is 0 Å². The summed E-state index contributed by atoms with van der Waals surface area (Å²) >= 11 is 0. The molecule has 0 aliphatic carbocycles. The number of rotatable bonds is 2. The van der Waals surface area contributed by atoms with Gasteiger partial charge in [-0.2, -0.15) is 13.2 Å². The lowest BCUT2D eigenvalue weighted by Crippen LogP contribution is -2.58. The molecule has 1 unspecified atom stereocenters. The van der Waals surface area contributed by atoms with Crippen molar-refractivity contribution in [1.82, 2.24) is 10.2 Å². The predicted octanol–water partition coefficient (Wildman–Crippen LogP) is -0.00450. The molecule has 0 bridgehead atoms. The van der Waals surface area contributed by atoms with Crippen molar-refractivity contribution >= 4 is 5.97 Å². The van der Waals surface area contributed by atoms with Gasteiger partial charge in [0.05, 0.1) is 13.7 Å². The molecule has 7 heteroatoms. The number of halogens is 3. The van der Waals surface area contributed by atoms with Crippen LogP contribution >= 0.6 is 0 Å². The van der Waals surface area contributed by atoms with Gasteiger partial charge in [-0.1, -0.05) is 0 Å². The van der Waals surface area contributed by atoms with Crippen LogP contribution in [0.25, 0.3) is 0 Å². The Balaban J connectivity index is 2.62.